The van der Waals surface area contributed by atoms with Crippen molar-refractivity contribution in [2.24, 2.45) is 16.7 Å². The second-order valence-electron chi connectivity index (χ2n) is 8.24. The van der Waals surface area contributed by atoms with Crippen LogP contribution in [0.1, 0.15) is 67.2 Å². The highest BCUT2D eigenvalue weighted by Crippen LogP contribution is 2.44. The van der Waals surface area contributed by atoms with Crippen LogP contribution < -0.4 is 5.32 Å². The Bertz CT molecular complexity index is 295. The van der Waals surface area contributed by atoms with Gasteiger partial charge in [0, 0.05) is 12.0 Å². The zero-order chi connectivity index (χ0) is 13.6. The molecule has 1 saturated heterocycles. The van der Waals surface area contributed by atoms with Crippen molar-refractivity contribution in [2.75, 3.05) is 6.54 Å². The fourth-order valence-electron chi connectivity index (χ4n) is 3.32. The molecule has 2 heteroatoms. The van der Waals surface area contributed by atoms with Crippen LogP contribution in [-0.4, -0.2) is 18.4 Å². The third-order valence-corrected chi connectivity index (χ3v) is 5.39. The Kier molecular flexibility index (Phi) is 3.57. The first-order valence-corrected chi connectivity index (χ1v) is 7.58. The highest BCUT2D eigenvalue weighted by atomic mass is 16.5. The van der Waals surface area contributed by atoms with E-state index in [0.717, 1.165) is 12.5 Å². The molecular formula is C16H31NO. The van der Waals surface area contributed by atoms with Gasteiger partial charge in [-0.25, -0.2) is 0 Å². The van der Waals surface area contributed by atoms with Crippen molar-refractivity contribution in [3.63, 3.8) is 0 Å². The summed E-state index contributed by atoms with van der Waals surface area (Å²) < 4.78 is 6.38. The van der Waals surface area contributed by atoms with Gasteiger partial charge in [0.25, 0.3) is 0 Å². The Morgan fingerprint density at radius 1 is 1.11 bits per heavy atom. The van der Waals surface area contributed by atoms with Crippen LogP contribution in [0.3, 0.4) is 0 Å². The van der Waals surface area contributed by atoms with Crippen molar-refractivity contribution in [2.45, 2.75) is 79.1 Å². The molecule has 0 radical (unpaired) electrons. The normalized spacial score (nSPS) is 41.0. The van der Waals surface area contributed by atoms with Crippen molar-refractivity contribution < 1.29 is 4.74 Å². The van der Waals surface area contributed by atoms with Crippen LogP contribution >= 0.6 is 0 Å². The summed E-state index contributed by atoms with van der Waals surface area (Å²) in [6, 6.07) is 0. The first-order chi connectivity index (χ1) is 8.15. The Morgan fingerprint density at radius 2 is 1.67 bits per heavy atom. The number of ether oxygens (including phenoxy) is 1. The lowest BCUT2D eigenvalue weighted by molar-refractivity contribution is -0.201. The van der Waals surface area contributed by atoms with E-state index in [4.69, 9.17) is 4.74 Å². The van der Waals surface area contributed by atoms with E-state index in [1.54, 1.807) is 0 Å². The van der Waals surface area contributed by atoms with Crippen LogP contribution in [0, 0.1) is 16.7 Å². The Labute approximate surface area is 113 Å². The number of hydrogen-bond acceptors (Lipinski definition) is 2. The molecule has 1 heterocycles. The Morgan fingerprint density at radius 3 is 2.11 bits per heavy atom. The van der Waals surface area contributed by atoms with Crippen molar-refractivity contribution in [1.82, 2.24) is 5.32 Å². The third kappa shape index (κ3) is 2.75. The monoisotopic (exact) mass is 253 g/mol. The number of nitrogens with one attached hydrogen (secondary N) is 1. The maximum absolute atomic E-state index is 6.38. The summed E-state index contributed by atoms with van der Waals surface area (Å²) in [4.78, 5) is 0. The smallest absolute Gasteiger partial charge is 0.119 e. The lowest BCUT2D eigenvalue weighted by Crippen LogP contribution is -2.62. The predicted octanol–water partition coefficient (Wildman–Crippen LogP) is 3.95. The number of hydrogen-bond donors (Lipinski definition) is 1. The highest BCUT2D eigenvalue weighted by Gasteiger charge is 2.46. The molecule has 18 heavy (non-hydrogen) atoms. The fraction of sp³-hybridized carbons (Fsp3) is 1.00. The van der Waals surface area contributed by atoms with E-state index in [0.29, 0.717) is 11.5 Å². The molecule has 1 spiro atoms. The molecule has 0 amide bonds. The molecule has 1 saturated carbocycles. The summed E-state index contributed by atoms with van der Waals surface area (Å²) in [7, 11) is 0. The van der Waals surface area contributed by atoms with Crippen molar-refractivity contribution in [1.29, 1.82) is 0 Å². The van der Waals surface area contributed by atoms with E-state index >= 15 is 0 Å². The summed E-state index contributed by atoms with van der Waals surface area (Å²) in [5.41, 5.74) is 0.685. The molecule has 2 rings (SSSR count). The highest BCUT2D eigenvalue weighted by molar-refractivity contribution is 4.95. The average Bonchev–Trinajstić information content (AvgIpc) is 2.24. The standard InChI is InChI=1S/C16H31NO/c1-12-15(5,6)11-17-16(18-12)9-7-13(8-10-16)14(2,3)4/h12-13,17H,7-11H2,1-6H3. The van der Waals surface area contributed by atoms with Crippen molar-refractivity contribution in [3.8, 4) is 0 Å². The van der Waals surface area contributed by atoms with Gasteiger partial charge in [-0.2, -0.15) is 0 Å². The van der Waals surface area contributed by atoms with Gasteiger partial charge in [0.05, 0.1) is 6.10 Å². The maximum atomic E-state index is 6.38. The molecule has 2 nitrogen and oxygen atoms in total. The minimum Gasteiger partial charge on any atom is -0.357 e. The van der Waals surface area contributed by atoms with Crippen LogP contribution in [0.15, 0.2) is 0 Å². The van der Waals surface area contributed by atoms with Gasteiger partial charge >= 0.3 is 0 Å². The number of rotatable bonds is 0. The van der Waals surface area contributed by atoms with Crippen LogP contribution in [0.4, 0.5) is 0 Å². The topological polar surface area (TPSA) is 21.3 Å². The van der Waals surface area contributed by atoms with E-state index < -0.39 is 0 Å². The molecule has 0 aromatic heterocycles. The minimum atomic E-state index is -0.0172. The average molecular weight is 253 g/mol. The van der Waals surface area contributed by atoms with Gasteiger partial charge in [0.15, 0.2) is 0 Å². The molecule has 106 valence electrons. The molecule has 1 N–H and O–H groups in total. The summed E-state index contributed by atoms with van der Waals surface area (Å²) in [6.45, 7) is 15.0. The second-order valence-corrected chi connectivity index (χ2v) is 8.24. The molecule has 1 aliphatic carbocycles. The fourth-order valence-corrected chi connectivity index (χ4v) is 3.32. The first kappa shape index (κ1) is 14.3. The molecule has 0 aromatic carbocycles. The lowest BCUT2D eigenvalue weighted by atomic mass is 9.69. The van der Waals surface area contributed by atoms with Gasteiger partial charge in [0.2, 0.25) is 0 Å². The van der Waals surface area contributed by atoms with E-state index in [9.17, 15) is 0 Å². The molecule has 0 aromatic rings. The maximum Gasteiger partial charge on any atom is 0.119 e. The van der Waals surface area contributed by atoms with Crippen molar-refractivity contribution in [3.05, 3.63) is 0 Å². The van der Waals surface area contributed by atoms with Gasteiger partial charge in [-0.1, -0.05) is 34.6 Å². The first-order valence-electron chi connectivity index (χ1n) is 7.58. The molecule has 0 bridgehead atoms. The quantitative estimate of drug-likeness (QED) is 0.705. The SMILES string of the molecule is CC1OC2(CCC(C(C)(C)C)CC2)NCC1(C)C. The molecular weight excluding hydrogens is 222 g/mol. The second kappa shape index (κ2) is 4.49. The Hall–Kier alpha value is -0.0800. The van der Waals surface area contributed by atoms with Crippen molar-refractivity contribution >= 4 is 0 Å². The minimum absolute atomic E-state index is 0.0172. The van der Waals surface area contributed by atoms with E-state index in [-0.39, 0.29) is 11.1 Å². The van der Waals surface area contributed by atoms with Gasteiger partial charge in [0.1, 0.15) is 5.72 Å². The van der Waals surface area contributed by atoms with Gasteiger partial charge in [-0.3, -0.25) is 5.32 Å². The van der Waals surface area contributed by atoms with Crippen LogP contribution in [0.2, 0.25) is 0 Å². The third-order valence-electron chi connectivity index (χ3n) is 5.39. The lowest BCUT2D eigenvalue weighted by Gasteiger charge is -2.52. The zero-order valence-corrected chi connectivity index (χ0v) is 13.1. The molecule has 2 fully saturated rings. The predicted molar refractivity (Wildman–Crippen MR) is 76.5 cm³/mol. The summed E-state index contributed by atoms with van der Waals surface area (Å²) in [6.07, 6.45) is 5.29. The molecule has 2 aliphatic rings. The van der Waals surface area contributed by atoms with Gasteiger partial charge in [-0.05, 0) is 43.9 Å². The van der Waals surface area contributed by atoms with E-state index in [1.165, 1.54) is 25.7 Å². The van der Waals surface area contributed by atoms with E-state index in [2.05, 4.69) is 46.9 Å². The Balaban J connectivity index is 1.97. The summed E-state index contributed by atoms with van der Waals surface area (Å²) in [5, 5.41) is 3.70. The molecule has 1 aliphatic heterocycles. The van der Waals surface area contributed by atoms with Crippen LogP contribution in [-0.2, 0) is 4.74 Å². The molecule has 1 atom stereocenters. The van der Waals surface area contributed by atoms with Gasteiger partial charge < -0.3 is 4.74 Å². The van der Waals surface area contributed by atoms with Crippen LogP contribution in [0.25, 0.3) is 0 Å². The molecule has 1 unspecified atom stereocenters. The van der Waals surface area contributed by atoms with Gasteiger partial charge in [-0.15, -0.1) is 0 Å². The van der Waals surface area contributed by atoms with E-state index in [1.807, 2.05) is 0 Å². The van der Waals surface area contributed by atoms with Crippen LogP contribution in [0.5, 0.6) is 0 Å². The summed E-state index contributed by atoms with van der Waals surface area (Å²) >= 11 is 0. The zero-order valence-electron chi connectivity index (χ0n) is 13.1. The largest absolute Gasteiger partial charge is 0.357 e. The summed E-state index contributed by atoms with van der Waals surface area (Å²) in [5.74, 6) is 0.846.